The third kappa shape index (κ3) is 10.6. The molecule has 0 bridgehead atoms. The number of para-hydroxylation sites is 1. The number of hydrogen-bond acceptors (Lipinski definition) is 5. The molecule has 0 fully saturated rings. The second-order valence-corrected chi connectivity index (χ2v) is 7.09. The molecular weight excluding hydrogens is 472 g/mol. The molecule has 34 heavy (non-hydrogen) atoms. The number of carbonyl (C=O) groups is 2. The van der Waals surface area contributed by atoms with Crippen LogP contribution in [0.15, 0.2) is 54.6 Å². The lowest BCUT2D eigenvalue weighted by molar-refractivity contribution is -0.201. The first kappa shape index (κ1) is 28.8. The molecule has 0 aliphatic heterocycles. The summed E-state index contributed by atoms with van der Waals surface area (Å²) in [6.45, 7) is 0.258. The monoisotopic (exact) mass is 495 g/mol. The maximum absolute atomic E-state index is 12.3. The predicted molar refractivity (Wildman–Crippen MR) is 109 cm³/mol. The van der Waals surface area contributed by atoms with Crippen LogP contribution in [-0.2, 0) is 20.9 Å². The van der Waals surface area contributed by atoms with E-state index >= 15 is 0 Å². The molecule has 0 saturated carbocycles. The molecule has 1 atom stereocenters. The molecule has 12 heteroatoms. The minimum Gasteiger partial charge on any atom is -0.485 e. The summed E-state index contributed by atoms with van der Waals surface area (Å²) in [5.74, 6) is -4.59. The highest BCUT2D eigenvalue weighted by molar-refractivity contribution is 5.75. The minimum absolute atomic E-state index is 0.284. The molecule has 0 amide bonds. The van der Waals surface area contributed by atoms with Crippen LogP contribution in [0.25, 0.3) is 0 Å². The zero-order valence-corrected chi connectivity index (χ0v) is 18.2. The Kier molecular flexibility index (Phi) is 10.8. The van der Waals surface area contributed by atoms with E-state index in [1.165, 1.54) is 0 Å². The minimum atomic E-state index is -5.08. The highest BCUT2D eigenvalue weighted by atomic mass is 19.4. The van der Waals surface area contributed by atoms with Gasteiger partial charge in [0.2, 0.25) is 0 Å². The van der Waals surface area contributed by atoms with Gasteiger partial charge in [-0.3, -0.25) is 0 Å². The zero-order valence-electron chi connectivity index (χ0n) is 18.2. The zero-order chi connectivity index (χ0) is 25.9. The predicted octanol–water partition coefficient (Wildman–Crippen LogP) is 5.00. The van der Waals surface area contributed by atoms with Crippen molar-refractivity contribution in [2.45, 2.75) is 31.5 Å². The summed E-state index contributed by atoms with van der Waals surface area (Å²) in [6.07, 6.45) is -9.70. The van der Waals surface area contributed by atoms with Crippen molar-refractivity contribution in [3.8, 4) is 5.75 Å². The lowest BCUT2D eigenvalue weighted by Crippen LogP contribution is -2.25. The fraction of sp³-hybridized carbons (Fsp3) is 0.364. The SMILES string of the molecule is CN(C)CCC(Oc1ccccc1COC(=O)C(F)(F)F)c1ccccc1.O=C(O)C(F)(F)F. The molecule has 188 valence electrons. The number of hydrogen-bond donors (Lipinski definition) is 1. The highest BCUT2D eigenvalue weighted by Crippen LogP contribution is 2.29. The number of carboxylic acid groups (broad SMARTS) is 1. The molecule has 0 heterocycles. The van der Waals surface area contributed by atoms with E-state index in [1.807, 2.05) is 49.3 Å². The van der Waals surface area contributed by atoms with Gasteiger partial charge < -0.3 is 19.5 Å². The molecule has 0 radical (unpaired) electrons. The standard InChI is InChI=1S/C20H22F3NO3.C2HF3O2/c1-24(2)13-12-18(15-8-4-3-5-9-15)27-17-11-7-6-10-16(17)14-26-19(25)20(21,22)23;3-2(4,5)1(6)7/h3-11,18H,12-14H2,1-2H3;(H,6,7). The van der Waals surface area contributed by atoms with E-state index in [0.29, 0.717) is 17.7 Å². The van der Waals surface area contributed by atoms with Gasteiger partial charge in [-0.1, -0.05) is 48.5 Å². The van der Waals surface area contributed by atoms with Crippen molar-refractivity contribution in [2.75, 3.05) is 20.6 Å². The molecule has 2 aromatic carbocycles. The second-order valence-electron chi connectivity index (χ2n) is 7.09. The van der Waals surface area contributed by atoms with E-state index in [1.54, 1.807) is 24.3 Å². The van der Waals surface area contributed by atoms with Crippen LogP contribution in [-0.4, -0.2) is 54.9 Å². The third-order valence-electron chi connectivity index (χ3n) is 4.08. The van der Waals surface area contributed by atoms with Crippen LogP contribution in [0.2, 0.25) is 0 Å². The molecular formula is C22H23F6NO5. The van der Waals surface area contributed by atoms with Gasteiger partial charge in [0.25, 0.3) is 0 Å². The normalized spacial score (nSPS) is 12.4. The number of rotatable bonds is 8. The Morgan fingerprint density at radius 3 is 1.94 bits per heavy atom. The largest absolute Gasteiger partial charge is 0.490 e. The molecule has 0 aromatic heterocycles. The number of carboxylic acids is 1. The lowest BCUT2D eigenvalue weighted by Gasteiger charge is -2.23. The number of ether oxygens (including phenoxy) is 2. The van der Waals surface area contributed by atoms with E-state index in [-0.39, 0.29) is 6.10 Å². The van der Waals surface area contributed by atoms with Crippen molar-refractivity contribution in [1.29, 1.82) is 0 Å². The van der Waals surface area contributed by atoms with Crippen molar-refractivity contribution in [1.82, 2.24) is 4.90 Å². The summed E-state index contributed by atoms with van der Waals surface area (Å²) >= 11 is 0. The highest BCUT2D eigenvalue weighted by Gasteiger charge is 2.41. The van der Waals surface area contributed by atoms with E-state index in [0.717, 1.165) is 12.1 Å². The van der Waals surface area contributed by atoms with Gasteiger partial charge in [-0.05, 0) is 25.7 Å². The fourth-order valence-electron chi connectivity index (χ4n) is 2.45. The molecule has 1 N–H and O–H groups in total. The van der Waals surface area contributed by atoms with Crippen LogP contribution in [0.3, 0.4) is 0 Å². The lowest BCUT2D eigenvalue weighted by atomic mass is 10.1. The molecule has 0 saturated heterocycles. The summed E-state index contributed by atoms with van der Waals surface area (Å²) < 4.78 is 79.3. The number of carbonyl (C=O) groups excluding carboxylic acids is 1. The van der Waals surface area contributed by atoms with Crippen LogP contribution in [0, 0.1) is 0 Å². The van der Waals surface area contributed by atoms with Gasteiger partial charge in [-0.15, -0.1) is 0 Å². The molecule has 2 aromatic rings. The number of aliphatic carboxylic acids is 1. The molecule has 0 spiro atoms. The fourth-order valence-corrected chi connectivity index (χ4v) is 2.45. The second kappa shape index (κ2) is 12.8. The number of halogens is 6. The Morgan fingerprint density at radius 2 is 1.44 bits per heavy atom. The van der Waals surface area contributed by atoms with Crippen molar-refractivity contribution >= 4 is 11.9 Å². The molecule has 6 nitrogen and oxygen atoms in total. The first-order valence-corrected chi connectivity index (χ1v) is 9.70. The van der Waals surface area contributed by atoms with E-state index < -0.39 is 30.9 Å². The summed E-state index contributed by atoms with van der Waals surface area (Å²) in [7, 11) is 3.90. The number of esters is 1. The van der Waals surface area contributed by atoms with Gasteiger partial charge in [0.1, 0.15) is 18.5 Å². The summed E-state index contributed by atoms with van der Waals surface area (Å²) in [5, 5.41) is 7.12. The van der Waals surface area contributed by atoms with Gasteiger partial charge in [-0.25, -0.2) is 9.59 Å². The van der Waals surface area contributed by atoms with Crippen molar-refractivity contribution in [2.24, 2.45) is 0 Å². The Bertz CT molecular complexity index is 916. The summed E-state index contributed by atoms with van der Waals surface area (Å²) in [6, 6.07) is 16.2. The van der Waals surface area contributed by atoms with Crippen LogP contribution in [0.1, 0.15) is 23.7 Å². The van der Waals surface area contributed by atoms with Crippen molar-refractivity contribution in [3.63, 3.8) is 0 Å². The Morgan fingerprint density at radius 1 is 0.912 bits per heavy atom. The molecule has 0 aliphatic carbocycles. The van der Waals surface area contributed by atoms with Crippen LogP contribution in [0.5, 0.6) is 5.75 Å². The van der Waals surface area contributed by atoms with Crippen molar-refractivity contribution in [3.05, 3.63) is 65.7 Å². The quantitative estimate of drug-likeness (QED) is 0.411. The van der Waals surface area contributed by atoms with Gasteiger partial charge >= 0.3 is 24.3 Å². The topological polar surface area (TPSA) is 76.1 Å². The maximum Gasteiger partial charge on any atom is 0.490 e. The average Bonchev–Trinajstić information content (AvgIpc) is 2.75. The van der Waals surface area contributed by atoms with E-state index in [9.17, 15) is 31.1 Å². The van der Waals surface area contributed by atoms with E-state index in [2.05, 4.69) is 4.74 Å². The van der Waals surface area contributed by atoms with Gasteiger partial charge in [0, 0.05) is 18.5 Å². The first-order chi connectivity index (χ1) is 15.7. The number of benzene rings is 2. The Hall–Kier alpha value is -3.28. The first-order valence-electron chi connectivity index (χ1n) is 9.70. The summed E-state index contributed by atoms with van der Waals surface area (Å²) in [5.41, 5.74) is 1.34. The molecule has 1 unspecified atom stereocenters. The number of nitrogens with zero attached hydrogens (tertiary/aromatic N) is 1. The number of alkyl halides is 6. The molecule has 0 aliphatic rings. The van der Waals surface area contributed by atoms with Crippen molar-refractivity contribution < 1.29 is 50.5 Å². The summed E-state index contributed by atoms with van der Waals surface area (Å²) in [4.78, 5) is 21.9. The Labute approximate surface area is 191 Å². The van der Waals surface area contributed by atoms with Gasteiger partial charge in [0.05, 0.1) is 0 Å². The smallest absolute Gasteiger partial charge is 0.485 e. The van der Waals surface area contributed by atoms with Crippen LogP contribution < -0.4 is 4.74 Å². The van der Waals surface area contributed by atoms with Gasteiger partial charge in [-0.2, -0.15) is 26.3 Å². The molecule has 2 rings (SSSR count). The van der Waals surface area contributed by atoms with Crippen LogP contribution >= 0.6 is 0 Å². The third-order valence-corrected chi connectivity index (χ3v) is 4.08. The van der Waals surface area contributed by atoms with Gasteiger partial charge in [0.15, 0.2) is 0 Å². The Balaban J connectivity index is 0.000000718. The maximum atomic E-state index is 12.3. The average molecular weight is 495 g/mol. The van der Waals surface area contributed by atoms with E-state index in [4.69, 9.17) is 14.6 Å². The van der Waals surface area contributed by atoms with Crippen LogP contribution in [0.4, 0.5) is 26.3 Å².